The van der Waals surface area contributed by atoms with E-state index in [0.29, 0.717) is 26.3 Å². The Morgan fingerprint density at radius 2 is 2.16 bits per heavy atom. The number of hydrogen-bond donors (Lipinski definition) is 1. The Morgan fingerprint density at radius 3 is 2.84 bits per heavy atom. The largest absolute Gasteiger partial charge is 0.377 e. The summed E-state index contributed by atoms with van der Waals surface area (Å²) in [5.74, 6) is -0.293. The van der Waals surface area contributed by atoms with Crippen LogP contribution in [-0.4, -0.2) is 62.3 Å². The van der Waals surface area contributed by atoms with Gasteiger partial charge in [-0.25, -0.2) is 0 Å². The number of rotatable bonds is 7. The van der Waals surface area contributed by atoms with Gasteiger partial charge in [0.2, 0.25) is 11.8 Å². The Labute approximate surface area is 114 Å². The van der Waals surface area contributed by atoms with E-state index in [9.17, 15) is 9.59 Å². The first-order valence-corrected chi connectivity index (χ1v) is 6.93. The minimum atomic E-state index is -0.530. The van der Waals surface area contributed by atoms with E-state index in [4.69, 9.17) is 9.47 Å². The number of carbonyl (C=O) groups excluding carboxylic acids is 2. The van der Waals surface area contributed by atoms with Crippen molar-refractivity contribution < 1.29 is 19.1 Å². The van der Waals surface area contributed by atoms with Crippen LogP contribution >= 0.6 is 0 Å². The third-order valence-corrected chi connectivity index (χ3v) is 2.87. The molecule has 0 radical (unpaired) electrons. The molecule has 1 rings (SSSR count). The maximum Gasteiger partial charge on any atom is 0.249 e. The van der Waals surface area contributed by atoms with Crippen molar-refractivity contribution in [2.75, 3.05) is 39.5 Å². The smallest absolute Gasteiger partial charge is 0.249 e. The molecule has 1 N–H and O–H groups in total. The summed E-state index contributed by atoms with van der Waals surface area (Å²) >= 11 is 0. The van der Waals surface area contributed by atoms with Crippen LogP contribution in [0.1, 0.15) is 26.7 Å². The van der Waals surface area contributed by atoms with Crippen LogP contribution in [0.15, 0.2) is 0 Å². The van der Waals surface area contributed by atoms with E-state index in [1.165, 1.54) is 0 Å². The van der Waals surface area contributed by atoms with Crippen molar-refractivity contribution in [3.63, 3.8) is 0 Å². The topological polar surface area (TPSA) is 67.9 Å². The molecule has 0 aromatic rings. The molecule has 6 heteroatoms. The van der Waals surface area contributed by atoms with Crippen LogP contribution in [0.4, 0.5) is 0 Å². The average molecular weight is 272 g/mol. The van der Waals surface area contributed by atoms with E-state index in [0.717, 1.165) is 12.8 Å². The third-order valence-electron chi connectivity index (χ3n) is 2.87. The van der Waals surface area contributed by atoms with Crippen LogP contribution in [0, 0.1) is 0 Å². The molecule has 1 unspecified atom stereocenters. The van der Waals surface area contributed by atoms with Gasteiger partial charge in [-0.15, -0.1) is 0 Å². The van der Waals surface area contributed by atoms with Gasteiger partial charge in [-0.1, -0.05) is 13.8 Å². The summed E-state index contributed by atoms with van der Waals surface area (Å²) in [4.78, 5) is 25.6. The highest BCUT2D eigenvalue weighted by Crippen LogP contribution is 2.08. The summed E-state index contributed by atoms with van der Waals surface area (Å²) in [7, 11) is 0. The van der Waals surface area contributed by atoms with Crippen molar-refractivity contribution in [1.82, 2.24) is 10.2 Å². The van der Waals surface area contributed by atoms with Gasteiger partial charge in [-0.3, -0.25) is 9.59 Å². The van der Waals surface area contributed by atoms with E-state index in [1.54, 1.807) is 4.90 Å². The minimum Gasteiger partial charge on any atom is -0.377 e. The van der Waals surface area contributed by atoms with Crippen molar-refractivity contribution in [3.8, 4) is 0 Å². The molecule has 1 atom stereocenters. The molecular formula is C13H24N2O4. The number of morpholine rings is 1. The first-order chi connectivity index (χ1) is 9.20. The summed E-state index contributed by atoms with van der Waals surface area (Å²) in [5.41, 5.74) is 0. The summed E-state index contributed by atoms with van der Waals surface area (Å²) in [6.07, 6.45) is 1.74. The minimum absolute atomic E-state index is 0.0331. The molecular weight excluding hydrogens is 248 g/mol. The molecule has 2 amide bonds. The first kappa shape index (κ1) is 15.9. The van der Waals surface area contributed by atoms with Gasteiger partial charge in [-0.05, 0) is 12.8 Å². The Morgan fingerprint density at radius 1 is 1.37 bits per heavy atom. The van der Waals surface area contributed by atoms with Crippen LogP contribution < -0.4 is 5.32 Å². The van der Waals surface area contributed by atoms with E-state index in [-0.39, 0.29) is 25.0 Å². The number of ether oxygens (including phenoxy) is 2. The molecule has 1 fully saturated rings. The lowest BCUT2D eigenvalue weighted by Crippen LogP contribution is -2.56. The molecule has 1 heterocycles. The Balaban J connectivity index is 2.51. The van der Waals surface area contributed by atoms with Crippen LogP contribution in [0.5, 0.6) is 0 Å². The van der Waals surface area contributed by atoms with Gasteiger partial charge in [0, 0.05) is 19.7 Å². The molecule has 6 nitrogen and oxygen atoms in total. The van der Waals surface area contributed by atoms with Crippen molar-refractivity contribution in [3.05, 3.63) is 0 Å². The number of hydrogen-bond acceptors (Lipinski definition) is 4. The second-order valence-electron chi connectivity index (χ2n) is 4.52. The zero-order valence-corrected chi connectivity index (χ0v) is 11.8. The fourth-order valence-corrected chi connectivity index (χ4v) is 1.87. The molecule has 0 bridgehead atoms. The molecule has 0 spiro atoms. The van der Waals surface area contributed by atoms with Crippen LogP contribution in [-0.2, 0) is 19.1 Å². The van der Waals surface area contributed by atoms with Gasteiger partial charge in [-0.2, -0.15) is 0 Å². The number of nitrogens with zero attached hydrogens (tertiary/aromatic N) is 1. The quantitative estimate of drug-likeness (QED) is 0.671. The standard InChI is InChI=1S/C13H24N2O4/c1-3-5-14-13(17)11-9-19-8-6-15(11)12(16)10-18-7-4-2/h11H,3-10H2,1-2H3,(H,14,17). The summed E-state index contributed by atoms with van der Waals surface area (Å²) in [6, 6.07) is -0.530. The lowest BCUT2D eigenvalue weighted by Gasteiger charge is -2.34. The normalized spacial score (nSPS) is 19.3. The van der Waals surface area contributed by atoms with E-state index < -0.39 is 6.04 Å². The molecule has 0 saturated carbocycles. The third kappa shape index (κ3) is 5.16. The van der Waals surface area contributed by atoms with Gasteiger partial charge in [0.05, 0.1) is 13.2 Å². The number of amides is 2. The van der Waals surface area contributed by atoms with Gasteiger partial charge >= 0.3 is 0 Å². The number of carbonyl (C=O) groups is 2. The maximum atomic E-state index is 12.0. The Hall–Kier alpha value is -1.14. The van der Waals surface area contributed by atoms with Gasteiger partial charge in [0.1, 0.15) is 12.6 Å². The maximum absolute atomic E-state index is 12.0. The molecule has 110 valence electrons. The predicted octanol–water partition coefficient (Wildman–Crippen LogP) is 0.167. The van der Waals surface area contributed by atoms with Crippen molar-refractivity contribution >= 4 is 11.8 Å². The lowest BCUT2D eigenvalue weighted by atomic mass is 10.2. The molecule has 0 aliphatic carbocycles. The van der Waals surface area contributed by atoms with Gasteiger partial charge in [0.25, 0.3) is 0 Å². The van der Waals surface area contributed by atoms with E-state index >= 15 is 0 Å². The van der Waals surface area contributed by atoms with Crippen molar-refractivity contribution in [1.29, 1.82) is 0 Å². The molecule has 1 aliphatic heterocycles. The SMILES string of the molecule is CCCNC(=O)C1COCCN1C(=O)COCCC. The van der Waals surface area contributed by atoms with Gasteiger partial charge < -0.3 is 19.7 Å². The molecule has 19 heavy (non-hydrogen) atoms. The van der Waals surface area contributed by atoms with Crippen LogP contribution in [0.2, 0.25) is 0 Å². The molecule has 1 aliphatic rings. The second kappa shape index (κ2) is 8.87. The molecule has 0 aromatic heterocycles. The summed E-state index contributed by atoms with van der Waals surface area (Å²) < 4.78 is 10.5. The molecule has 1 saturated heterocycles. The van der Waals surface area contributed by atoms with E-state index in [1.807, 2.05) is 13.8 Å². The van der Waals surface area contributed by atoms with Crippen LogP contribution in [0.25, 0.3) is 0 Å². The predicted molar refractivity (Wildman–Crippen MR) is 70.7 cm³/mol. The fourth-order valence-electron chi connectivity index (χ4n) is 1.87. The van der Waals surface area contributed by atoms with Gasteiger partial charge in [0.15, 0.2) is 0 Å². The Bertz CT molecular complexity index is 296. The zero-order valence-electron chi connectivity index (χ0n) is 11.8. The highest BCUT2D eigenvalue weighted by atomic mass is 16.5. The fraction of sp³-hybridized carbons (Fsp3) is 0.846. The lowest BCUT2D eigenvalue weighted by molar-refractivity contribution is -0.151. The van der Waals surface area contributed by atoms with Crippen molar-refractivity contribution in [2.45, 2.75) is 32.7 Å². The summed E-state index contributed by atoms with van der Waals surface area (Å²) in [5, 5.41) is 2.80. The van der Waals surface area contributed by atoms with Crippen LogP contribution in [0.3, 0.4) is 0 Å². The van der Waals surface area contributed by atoms with Crippen molar-refractivity contribution in [2.24, 2.45) is 0 Å². The average Bonchev–Trinajstić information content (AvgIpc) is 2.45. The first-order valence-electron chi connectivity index (χ1n) is 6.93. The molecule has 0 aromatic carbocycles. The monoisotopic (exact) mass is 272 g/mol. The highest BCUT2D eigenvalue weighted by molar-refractivity contribution is 5.88. The van der Waals surface area contributed by atoms with E-state index in [2.05, 4.69) is 5.32 Å². The summed E-state index contributed by atoms with van der Waals surface area (Å²) in [6.45, 7) is 6.35. The Kier molecular flexibility index (Phi) is 7.43. The highest BCUT2D eigenvalue weighted by Gasteiger charge is 2.32. The number of nitrogens with one attached hydrogen (secondary N) is 1. The second-order valence-corrected chi connectivity index (χ2v) is 4.52. The zero-order chi connectivity index (χ0) is 14.1.